The van der Waals surface area contributed by atoms with E-state index < -0.39 is 0 Å². The standard InChI is InChI=1S/C11H20O/c1-5-6-9(2)7-8-10-11(3,4)12-10/h6,10H,5,7-8H2,1-4H3. The van der Waals surface area contributed by atoms with Gasteiger partial charge in [-0.25, -0.2) is 0 Å². The van der Waals surface area contributed by atoms with Gasteiger partial charge in [0.15, 0.2) is 0 Å². The van der Waals surface area contributed by atoms with Gasteiger partial charge in [-0.05, 0) is 40.0 Å². The van der Waals surface area contributed by atoms with Gasteiger partial charge in [0.25, 0.3) is 0 Å². The van der Waals surface area contributed by atoms with Crippen LogP contribution in [-0.4, -0.2) is 11.7 Å². The van der Waals surface area contributed by atoms with E-state index in [4.69, 9.17) is 4.74 Å². The van der Waals surface area contributed by atoms with Crippen LogP contribution in [0.4, 0.5) is 0 Å². The van der Waals surface area contributed by atoms with Gasteiger partial charge in [-0.2, -0.15) is 0 Å². The molecule has 0 radical (unpaired) electrons. The second-order valence-electron chi connectivity index (χ2n) is 4.21. The van der Waals surface area contributed by atoms with Gasteiger partial charge < -0.3 is 4.74 Å². The smallest absolute Gasteiger partial charge is 0.0892 e. The van der Waals surface area contributed by atoms with Gasteiger partial charge >= 0.3 is 0 Å². The Morgan fingerprint density at radius 2 is 2.08 bits per heavy atom. The summed E-state index contributed by atoms with van der Waals surface area (Å²) in [6.45, 7) is 8.72. The number of hydrogen-bond donors (Lipinski definition) is 0. The van der Waals surface area contributed by atoms with E-state index in [-0.39, 0.29) is 5.60 Å². The quantitative estimate of drug-likeness (QED) is 0.463. The topological polar surface area (TPSA) is 12.5 Å². The van der Waals surface area contributed by atoms with Crippen molar-refractivity contribution in [3.8, 4) is 0 Å². The van der Waals surface area contributed by atoms with Gasteiger partial charge in [0.2, 0.25) is 0 Å². The van der Waals surface area contributed by atoms with Crippen molar-refractivity contribution in [2.75, 3.05) is 0 Å². The fourth-order valence-corrected chi connectivity index (χ4v) is 1.55. The summed E-state index contributed by atoms with van der Waals surface area (Å²) in [5.41, 5.74) is 1.68. The average Bonchev–Trinajstić information content (AvgIpc) is 2.56. The molecule has 0 saturated carbocycles. The molecular weight excluding hydrogens is 148 g/mol. The highest BCUT2D eigenvalue weighted by Crippen LogP contribution is 2.38. The lowest BCUT2D eigenvalue weighted by Crippen LogP contribution is -2.02. The second-order valence-corrected chi connectivity index (χ2v) is 4.21. The molecule has 1 atom stereocenters. The van der Waals surface area contributed by atoms with E-state index in [1.54, 1.807) is 0 Å². The van der Waals surface area contributed by atoms with Crippen LogP contribution in [0.2, 0.25) is 0 Å². The van der Waals surface area contributed by atoms with E-state index >= 15 is 0 Å². The van der Waals surface area contributed by atoms with Crippen LogP contribution in [0.25, 0.3) is 0 Å². The van der Waals surface area contributed by atoms with Crippen LogP contribution in [0.1, 0.15) is 47.0 Å². The minimum atomic E-state index is 0.173. The molecule has 0 aromatic carbocycles. The van der Waals surface area contributed by atoms with Crippen LogP contribution < -0.4 is 0 Å². The molecule has 0 spiro atoms. The minimum Gasteiger partial charge on any atom is -0.367 e. The lowest BCUT2D eigenvalue weighted by Gasteiger charge is -1.98. The second kappa shape index (κ2) is 3.61. The molecular formula is C11H20O. The Hall–Kier alpha value is -0.300. The third-order valence-corrected chi connectivity index (χ3v) is 2.52. The normalized spacial score (nSPS) is 27.3. The molecule has 1 heteroatoms. The summed E-state index contributed by atoms with van der Waals surface area (Å²) in [5, 5.41) is 0. The number of allylic oxidation sites excluding steroid dienone is 2. The Kier molecular flexibility index (Phi) is 2.94. The highest BCUT2D eigenvalue weighted by atomic mass is 16.6. The van der Waals surface area contributed by atoms with Crippen molar-refractivity contribution in [3.05, 3.63) is 11.6 Å². The summed E-state index contributed by atoms with van der Waals surface area (Å²) in [6, 6.07) is 0. The maximum Gasteiger partial charge on any atom is 0.0892 e. The Balaban J connectivity index is 2.15. The number of rotatable bonds is 4. The first-order valence-electron chi connectivity index (χ1n) is 4.89. The fourth-order valence-electron chi connectivity index (χ4n) is 1.55. The zero-order valence-electron chi connectivity index (χ0n) is 8.68. The molecule has 0 aromatic rings. The molecule has 1 saturated heterocycles. The maximum absolute atomic E-state index is 5.51. The molecule has 1 aliphatic rings. The third kappa shape index (κ3) is 2.63. The van der Waals surface area contributed by atoms with Gasteiger partial charge in [0.05, 0.1) is 11.7 Å². The highest BCUT2D eigenvalue weighted by Gasteiger charge is 2.46. The molecule has 1 heterocycles. The number of hydrogen-bond acceptors (Lipinski definition) is 1. The fraction of sp³-hybridized carbons (Fsp3) is 0.818. The van der Waals surface area contributed by atoms with Crippen molar-refractivity contribution >= 4 is 0 Å². The van der Waals surface area contributed by atoms with Crippen LogP contribution in [-0.2, 0) is 4.74 Å². The van der Waals surface area contributed by atoms with Crippen molar-refractivity contribution in [1.29, 1.82) is 0 Å². The minimum absolute atomic E-state index is 0.173. The van der Waals surface area contributed by atoms with Crippen LogP contribution >= 0.6 is 0 Å². The van der Waals surface area contributed by atoms with Crippen LogP contribution in [0.15, 0.2) is 11.6 Å². The Morgan fingerprint density at radius 3 is 2.50 bits per heavy atom. The zero-order chi connectivity index (χ0) is 9.19. The molecule has 0 aliphatic carbocycles. The number of epoxide rings is 1. The average molecular weight is 168 g/mol. The van der Waals surface area contributed by atoms with E-state index in [2.05, 4.69) is 33.8 Å². The van der Waals surface area contributed by atoms with E-state index in [0.717, 1.165) is 6.42 Å². The molecule has 12 heavy (non-hydrogen) atoms. The molecule has 0 aromatic heterocycles. The predicted molar refractivity (Wildman–Crippen MR) is 52.2 cm³/mol. The van der Waals surface area contributed by atoms with Gasteiger partial charge in [-0.15, -0.1) is 0 Å². The van der Waals surface area contributed by atoms with E-state index in [1.807, 2.05) is 0 Å². The lowest BCUT2D eigenvalue weighted by atomic mass is 10.0. The van der Waals surface area contributed by atoms with Crippen molar-refractivity contribution in [2.24, 2.45) is 0 Å². The van der Waals surface area contributed by atoms with E-state index in [9.17, 15) is 0 Å². The molecule has 70 valence electrons. The first-order valence-corrected chi connectivity index (χ1v) is 4.89. The van der Waals surface area contributed by atoms with Crippen LogP contribution in [0.3, 0.4) is 0 Å². The Morgan fingerprint density at radius 1 is 1.50 bits per heavy atom. The van der Waals surface area contributed by atoms with Gasteiger partial charge in [0.1, 0.15) is 0 Å². The molecule has 1 nitrogen and oxygen atoms in total. The molecule has 0 amide bonds. The largest absolute Gasteiger partial charge is 0.367 e. The van der Waals surface area contributed by atoms with Crippen molar-refractivity contribution in [1.82, 2.24) is 0 Å². The predicted octanol–water partition coefficient (Wildman–Crippen LogP) is 3.30. The Bertz CT molecular complexity index is 179. The van der Waals surface area contributed by atoms with Crippen molar-refractivity contribution < 1.29 is 4.74 Å². The van der Waals surface area contributed by atoms with Crippen molar-refractivity contribution in [2.45, 2.75) is 58.7 Å². The van der Waals surface area contributed by atoms with Gasteiger partial charge in [-0.1, -0.05) is 18.6 Å². The highest BCUT2D eigenvalue weighted by molar-refractivity contribution is 5.02. The first kappa shape index (κ1) is 9.79. The summed E-state index contributed by atoms with van der Waals surface area (Å²) in [5.74, 6) is 0. The third-order valence-electron chi connectivity index (χ3n) is 2.52. The summed E-state index contributed by atoms with van der Waals surface area (Å²) >= 11 is 0. The van der Waals surface area contributed by atoms with Gasteiger partial charge in [0, 0.05) is 0 Å². The molecule has 0 N–H and O–H groups in total. The summed E-state index contributed by atoms with van der Waals surface area (Å²) < 4.78 is 5.51. The summed E-state index contributed by atoms with van der Waals surface area (Å²) in [7, 11) is 0. The lowest BCUT2D eigenvalue weighted by molar-refractivity contribution is 0.320. The molecule has 1 fully saturated rings. The molecule has 0 bridgehead atoms. The molecule has 1 unspecified atom stereocenters. The summed E-state index contributed by atoms with van der Waals surface area (Å²) in [6.07, 6.45) is 6.35. The SMILES string of the molecule is CCC=C(C)CCC1OC1(C)C. The molecule has 1 aliphatic heterocycles. The summed E-state index contributed by atoms with van der Waals surface area (Å²) in [4.78, 5) is 0. The molecule has 1 rings (SSSR count). The van der Waals surface area contributed by atoms with Crippen LogP contribution in [0, 0.1) is 0 Å². The Labute approximate surface area is 75.8 Å². The van der Waals surface area contributed by atoms with Crippen LogP contribution in [0.5, 0.6) is 0 Å². The number of ether oxygens (including phenoxy) is 1. The monoisotopic (exact) mass is 168 g/mol. The zero-order valence-corrected chi connectivity index (χ0v) is 8.68. The van der Waals surface area contributed by atoms with Crippen molar-refractivity contribution in [3.63, 3.8) is 0 Å². The van der Waals surface area contributed by atoms with E-state index in [1.165, 1.54) is 18.4 Å². The first-order chi connectivity index (χ1) is 5.56. The van der Waals surface area contributed by atoms with E-state index in [0.29, 0.717) is 6.10 Å². The maximum atomic E-state index is 5.51. The van der Waals surface area contributed by atoms with Gasteiger partial charge in [-0.3, -0.25) is 0 Å².